The van der Waals surface area contributed by atoms with E-state index in [0.29, 0.717) is 5.56 Å². The highest BCUT2D eigenvalue weighted by Gasteiger charge is 2.21. The van der Waals surface area contributed by atoms with Crippen LogP contribution in [0.1, 0.15) is 15.9 Å². The number of nitrogens with one attached hydrogen (secondary N) is 1. The van der Waals surface area contributed by atoms with Gasteiger partial charge in [0, 0.05) is 5.56 Å². The lowest BCUT2D eigenvalue weighted by atomic mass is 10.1. The van der Waals surface area contributed by atoms with Crippen molar-refractivity contribution >= 4 is 11.9 Å². The number of esters is 1. The quantitative estimate of drug-likeness (QED) is 0.720. The lowest BCUT2D eigenvalue weighted by Crippen LogP contribution is -2.44. The highest BCUT2D eigenvalue weighted by atomic mass is 16.5. The van der Waals surface area contributed by atoms with Crippen molar-refractivity contribution < 1.29 is 19.4 Å². The van der Waals surface area contributed by atoms with Gasteiger partial charge in [-0.05, 0) is 18.2 Å². The largest absolute Gasteiger partial charge is 0.467 e. The molecule has 0 saturated carbocycles. The average molecular weight is 248 g/mol. The molecule has 0 aromatic heterocycles. The maximum absolute atomic E-state index is 11.8. The Morgan fingerprint density at radius 1 is 1.56 bits per heavy atom. The van der Waals surface area contributed by atoms with Crippen LogP contribution in [0.5, 0.6) is 0 Å². The third-order valence-corrected chi connectivity index (χ3v) is 2.23. The summed E-state index contributed by atoms with van der Waals surface area (Å²) in [5, 5.41) is 20.0. The summed E-state index contributed by atoms with van der Waals surface area (Å²) in [5.41, 5.74) is 0.567. The Labute approximate surface area is 104 Å². The Bertz CT molecular complexity index is 493. The number of aliphatic hydroxyl groups is 1. The van der Waals surface area contributed by atoms with E-state index in [4.69, 9.17) is 10.4 Å². The second-order valence-corrected chi connectivity index (χ2v) is 3.42. The van der Waals surface area contributed by atoms with Gasteiger partial charge in [-0.1, -0.05) is 6.07 Å². The van der Waals surface area contributed by atoms with Crippen molar-refractivity contribution in [1.82, 2.24) is 5.32 Å². The highest BCUT2D eigenvalue weighted by molar-refractivity contribution is 5.97. The molecule has 1 amide bonds. The molecule has 1 aromatic carbocycles. The van der Waals surface area contributed by atoms with E-state index in [-0.39, 0.29) is 5.56 Å². The summed E-state index contributed by atoms with van der Waals surface area (Å²) in [7, 11) is 1.16. The fraction of sp³-hybridized carbons (Fsp3) is 0.250. The van der Waals surface area contributed by atoms with Crippen LogP contribution < -0.4 is 5.32 Å². The highest BCUT2D eigenvalue weighted by Crippen LogP contribution is 2.04. The van der Waals surface area contributed by atoms with Gasteiger partial charge in [-0.2, -0.15) is 5.26 Å². The molecule has 0 spiro atoms. The third kappa shape index (κ3) is 3.30. The first kappa shape index (κ1) is 13.7. The Morgan fingerprint density at radius 3 is 2.83 bits per heavy atom. The second-order valence-electron chi connectivity index (χ2n) is 3.42. The molecule has 6 heteroatoms. The molecule has 0 fully saturated rings. The van der Waals surface area contributed by atoms with Crippen LogP contribution in [-0.4, -0.2) is 36.7 Å². The lowest BCUT2D eigenvalue weighted by molar-refractivity contribution is -0.143. The lowest BCUT2D eigenvalue weighted by Gasteiger charge is -2.13. The standard InChI is InChI=1S/C12H12N2O4/c1-18-12(17)10(7-15)14-11(16)9-4-2-3-8(5-9)6-13/h2-5,10,15H,7H2,1H3,(H,14,16)/t10-/m1/s1. The maximum atomic E-state index is 11.8. The van der Waals surface area contributed by atoms with E-state index in [9.17, 15) is 9.59 Å². The number of nitrogens with zero attached hydrogens (tertiary/aromatic N) is 1. The molecule has 1 atom stereocenters. The first-order chi connectivity index (χ1) is 8.62. The van der Waals surface area contributed by atoms with Gasteiger partial charge in [-0.3, -0.25) is 4.79 Å². The Balaban J connectivity index is 2.81. The number of carbonyl (C=O) groups excluding carboxylic acids is 2. The summed E-state index contributed by atoms with van der Waals surface area (Å²) in [4.78, 5) is 22.9. The zero-order valence-electron chi connectivity index (χ0n) is 9.71. The molecule has 94 valence electrons. The molecular weight excluding hydrogens is 236 g/mol. The van der Waals surface area contributed by atoms with Crippen LogP contribution in [0.25, 0.3) is 0 Å². The van der Waals surface area contributed by atoms with Crippen molar-refractivity contribution in [3.8, 4) is 6.07 Å². The minimum Gasteiger partial charge on any atom is -0.467 e. The normalized spacial score (nSPS) is 11.2. The molecule has 18 heavy (non-hydrogen) atoms. The van der Waals surface area contributed by atoms with E-state index in [1.165, 1.54) is 12.1 Å². The average Bonchev–Trinajstić information content (AvgIpc) is 2.43. The number of ether oxygens (including phenoxy) is 1. The van der Waals surface area contributed by atoms with Crippen molar-refractivity contribution in [3.05, 3.63) is 35.4 Å². The fourth-order valence-corrected chi connectivity index (χ4v) is 1.29. The van der Waals surface area contributed by atoms with Gasteiger partial charge in [0.2, 0.25) is 0 Å². The predicted octanol–water partition coefficient (Wildman–Crippen LogP) is -0.178. The molecule has 0 bridgehead atoms. The van der Waals surface area contributed by atoms with Crippen molar-refractivity contribution in [2.24, 2.45) is 0 Å². The van der Waals surface area contributed by atoms with Gasteiger partial charge in [0.25, 0.3) is 5.91 Å². The molecule has 0 radical (unpaired) electrons. The number of carbonyl (C=O) groups is 2. The summed E-state index contributed by atoms with van der Waals surface area (Å²) in [6.07, 6.45) is 0. The smallest absolute Gasteiger partial charge is 0.330 e. The molecule has 0 aliphatic rings. The van der Waals surface area contributed by atoms with Crippen molar-refractivity contribution in [2.45, 2.75) is 6.04 Å². The minimum absolute atomic E-state index is 0.233. The Hall–Kier alpha value is -2.39. The molecule has 2 N–H and O–H groups in total. The van der Waals surface area contributed by atoms with Crippen LogP contribution in [0.2, 0.25) is 0 Å². The van der Waals surface area contributed by atoms with Gasteiger partial charge >= 0.3 is 5.97 Å². The topological polar surface area (TPSA) is 99.4 Å². The van der Waals surface area contributed by atoms with E-state index in [1.54, 1.807) is 12.1 Å². The zero-order chi connectivity index (χ0) is 13.5. The third-order valence-electron chi connectivity index (χ3n) is 2.23. The SMILES string of the molecule is COC(=O)[C@@H](CO)NC(=O)c1cccc(C#N)c1. The first-order valence-corrected chi connectivity index (χ1v) is 5.12. The van der Waals surface area contributed by atoms with Crippen LogP contribution in [0.4, 0.5) is 0 Å². The summed E-state index contributed by atoms with van der Waals surface area (Å²) in [6.45, 7) is -0.559. The molecule has 0 aliphatic carbocycles. The molecule has 0 heterocycles. The number of nitriles is 1. The van der Waals surface area contributed by atoms with E-state index in [1.807, 2.05) is 6.07 Å². The molecule has 1 aromatic rings. The van der Waals surface area contributed by atoms with Crippen LogP contribution in [0.15, 0.2) is 24.3 Å². The molecule has 0 unspecified atom stereocenters. The van der Waals surface area contributed by atoms with Crippen molar-refractivity contribution in [2.75, 3.05) is 13.7 Å². The summed E-state index contributed by atoms with van der Waals surface area (Å²) in [6, 6.07) is 6.79. The van der Waals surface area contributed by atoms with E-state index >= 15 is 0 Å². The van der Waals surface area contributed by atoms with Gasteiger partial charge in [0.15, 0.2) is 6.04 Å². The molecule has 6 nitrogen and oxygen atoms in total. The molecule has 0 aliphatic heterocycles. The second kappa shape index (κ2) is 6.37. The Kier molecular flexibility index (Phi) is 4.84. The Morgan fingerprint density at radius 2 is 2.28 bits per heavy atom. The summed E-state index contributed by atoms with van der Waals surface area (Å²) in [5.74, 6) is -1.29. The van der Waals surface area contributed by atoms with Crippen molar-refractivity contribution in [3.63, 3.8) is 0 Å². The number of aliphatic hydroxyl groups excluding tert-OH is 1. The monoisotopic (exact) mass is 248 g/mol. The predicted molar refractivity (Wildman–Crippen MR) is 61.5 cm³/mol. The number of rotatable bonds is 4. The van der Waals surface area contributed by atoms with Gasteiger partial charge in [0.1, 0.15) is 0 Å². The van der Waals surface area contributed by atoms with Crippen molar-refractivity contribution in [1.29, 1.82) is 5.26 Å². The number of methoxy groups -OCH3 is 1. The van der Waals surface area contributed by atoms with Gasteiger partial charge in [0.05, 0.1) is 25.3 Å². The van der Waals surface area contributed by atoms with E-state index in [0.717, 1.165) is 7.11 Å². The van der Waals surface area contributed by atoms with E-state index < -0.39 is 24.5 Å². The molecule has 0 saturated heterocycles. The first-order valence-electron chi connectivity index (χ1n) is 5.12. The van der Waals surface area contributed by atoms with Crippen LogP contribution in [0.3, 0.4) is 0 Å². The van der Waals surface area contributed by atoms with E-state index in [2.05, 4.69) is 10.1 Å². The van der Waals surface area contributed by atoms with Crippen LogP contribution >= 0.6 is 0 Å². The number of hydrogen-bond acceptors (Lipinski definition) is 5. The number of amides is 1. The maximum Gasteiger partial charge on any atom is 0.330 e. The minimum atomic E-state index is -1.12. The summed E-state index contributed by atoms with van der Waals surface area (Å²) >= 11 is 0. The van der Waals surface area contributed by atoms with Gasteiger partial charge in [-0.25, -0.2) is 4.79 Å². The zero-order valence-corrected chi connectivity index (χ0v) is 9.71. The van der Waals surface area contributed by atoms with Gasteiger partial charge in [-0.15, -0.1) is 0 Å². The molecule has 1 rings (SSSR count). The molecular formula is C12H12N2O4. The van der Waals surface area contributed by atoms with Crippen LogP contribution in [0, 0.1) is 11.3 Å². The van der Waals surface area contributed by atoms with Gasteiger partial charge < -0.3 is 15.2 Å². The fourth-order valence-electron chi connectivity index (χ4n) is 1.29. The number of hydrogen-bond donors (Lipinski definition) is 2. The summed E-state index contributed by atoms with van der Waals surface area (Å²) < 4.78 is 4.42. The van der Waals surface area contributed by atoms with Crippen LogP contribution in [-0.2, 0) is 9.53 Å². The number of benzene rings is 1.